The minimum Gasteiger partial charge on any atom is -0.494 e. The zero-order chi connectivity index (χ0) is 16.8. The Kier molecular flexibility index (Phi) is 3.38. The lowest BCUT2D eigenvalue weighted by atomic mass is 9.76. The summed E-state index contributed by atoms with van der Waals surface area (Å²) in [6.45, 7) is 4.52. The van der Waals surface area contributed by atoms with Crippen LogP contribution in [-0.2, 0) is 12.8 Å². The van der Waals surface area contributed by atoms with Crippen LogP contribution < -0.4 is 4.74 Å². The molecule has 0 fully saturated rings. The van der Waals surface area contributed by atoms with Gasteiger partial charge in [-0.2, -0.15) is 0 Å². The first kappa shape index (κ1) is 14.9. The Morgan fingerprint density at radius 1 is 1.00 bits per heavy atom. The van der Waals surface area contributed by atoms with Gasteiger partial charge in [0.25, 0.3) is 0 Å². The lowest BCUT2D eigenvalue weighted by Crippen LogP contribution is -2.19. The molecule has 0 saturated heterocycles. The second kappa shape index (κ2) is 5.45. The number of rotatable bonds is 2. The Hall–Kier alpha value is -2.68. The minimum atomic E-state index is -0.130. The molecule has 0 N–H and O–H groups in total. The largest absolute Gasteiger partial charge is 0.494 e. The van der Waals surface area contributed by atoms with Gasteiger partial charge in [0.05, 0.1) is 6.61 Å². The molecular weight excluding hydrogens is 300 g/mol. The van der Waals surface area contributed by atoms with Crippen LogP contribution >= 0.6 is 0 Å². The molecule has 0 saturated carbocycles. The van der Waals surface area contributed by atoms with E-state index in [0.29, 0.717) is 17.7 Å². The summed E-state index contributed by atoms with van der Waals surface area (Å²) in [5.41, 5.74) is 6.39. The first-order valence-corrected chi connectivity index (χ1v) is 8.30. The van der Waals surface area contributed by atoms with Gasteiger partial charge in [-0.1, -0.05) is 18.2 Å². The van der Waals surface area contributed by atoms with E-state index in [1.165, 1.54) is 17.7 Å². The van der Waals surface area contributed by atoms with E-state index in [4.69, 9.17) is 4.74 Å². The van der Waals surface area contributed by atoms with E-state index in [1.54, 1.807) is 6.07 Å². The Balaban J connectivity index is 2.13. The number of ketones is 2. The van der Waals surface area contributed by atoms with Crippen molar-refractivity contribution in [1.29, 1.82) is 0 Å². The number of benzene rings is 2. The molecular formula is C21H18O3. The van der Waals surface area contributed by atoms with Gasteiger partial charge in [0, 0.05) is 22.3 Å². The molecule has 120 valence electrons. The van der Waals surface area contributed by atoms with Gasteiger partial charge in [-0.25, -0.2) is 0 Å². The Morgan fingerprint density at radius 2 is 1.79 bits per heavy atom. The highest BCUT2D eigenvalue weighted by Crippen LogP contribution is 2.44. The van der Waals surface area contributed by atoms with E-state index in [1.807, 2.05) is 13.0 Å². The summed E-state index contributed by atoms with van der Waals surface area (Å²) in [5, 5.41) is 0. The molecule has 0 aromatic heterocycles. The third-order valence-corrected chi connectivity index (χ3v) is 4.85. The lowest BCUT2D eigenvalue weighted by molar-refractivity contribution is 0.0994. The maximum atomic E-state index is 12.6. The first-order valence-electron chi connectivity index (χ1n) is 8.30. The van der Waals surface area contributed by atoms with Crippen molar-refractivity contribution in [2.75, 3.05) is 6.61 Å². The number of carbonyl (C=O) groups excluding carboxylic acids is 2. The topological polar surface area (TPSA) is 43.4 Å². The molecule has 0 bridgehead atoms. The number of carbonyl (C=O) groups is 2. The maximum Gasteiger partial charge on any atom is 0.187 e. The second-order valence-corrected chi connectivity index (χ2v) is 6.25. The number of hydrogen-bond donors (Lipinski definition) is 0. The van der Waals surface area contributed by atoms with Gasteiger partial charge in [-0.3, -0.25) is 9.59 Å². The maximum absolute atomic E-state index is 12.6. The van der Waals surface area contributed by atoms with Crippen LogP contribution in [0.5, 0.6) is 5.75 Å². The van der Waals surface area contributed by atoms with Crippen molar-refractivity contribution in [3.63, 3.8) is 0 Å². The van der Waals surface area contributed by atoms with Crippen molar-refractivity contribution in [3.05, 3.63) is 64.2 Å². The minimum absolute atomic E-state index is 0.0972. The van der Waals surface area contributed by atoms with Gasteiger partial charge in [0.15, 0.2) is 11.6 Å². The van der Waals surface area contributed by atoms with Gasteiger partial charge in [0.1, 0.15) is 5.75 Å². The van der Waals surface area contributed by atoms with Crippen LogP contribution in [0.3, 0.4) is 0 Å². The van der Waals surface area contributed by atoms with Gasteiger partial charge in [0.2, 0.25) is 0 Å². The third kappa shape index (κ3) is 2.04. The number of ether oxygens (including phenoxy) is 1. The molecule has 2 aromatic rings. The molecule has 3 nitrogen and oxygen atoms in total. The van der Waals surface area contributed by atoms with Gasteiger partial charge >= 0.3 is 0 Å². The summed E-state index contributed by atoms with van der Waals surface area (Å²) in [4.78, 5) is 25.0. The normalized spacial score (nSPS) is 14.9. The molecule has 3 heteroatoms. The predicted molar refractivity (Wildman–Crippen MR) is 93.0 cm³/mol. The highest BCUT2D eigenvalue weighted by Gasteiger charge is 2.31. The third-order valence-electron chi connectivity index (χ3n) is 4.85. The van der Waals surface area contributed by atoms with Crippen LogP contribution in [0.1, 0.15) is 44.3 Å². The highest BCUT2D eigenvalue weighted by atomic mass is 16.5. The van der Waals surface area contributed by atoms with E-state index in [9.17, 15) is 9.59 Å². The summed E-state index contributed by atoms with van der Waals surface area (Å²) in [7, 11) is 0. The van der Waals surface area contributed by atoms with Crippen molar-refractivity contribution in [1.82, 2.24) is 0 Å². The van der Waals surface area contributed by atoms with Crippen LogP contribution in [0.2, 0.25) is 0 Å². The van der Waals surface area contributed by atoms with Gasteiger partial charge in [-0.05, 0) is 61.6 Å². The van der Waals surface area contributed by atoms with E-state index >= 15 is 0 Å². The van der Waals surface area contributed by atoms with Crippen molar-refractivity contribution < 1.29 is 14.3 Å². The fourth-order valence-corrected chi connectivity index (χ4v) is 3.84. The van der Waals surface area contributed by atoms with Crippen LogP contribution in [0.25, 0.3) is 11.1 Å². The summed E-state index contributed by atoms with van der Waals surface area (Å²) >= 11 is 0. The summed E-state index contributed by atoms with van der Waals surface area (Å²) in [5.74, 6) is 0.505. The molecule has 24 heavy (non-hydrogen) atoms. The average Bonchev–Trinajstić information content (AvgIpc) is 2.58. The first-order chi connectivity index (χ1) is 11.6. The monoisotopic (exact) mass is 318 g/mol. The summed E-state index contributed by atoms with van der Waals surface area (Å²) in [6.07, 6.45) is 4.48. The highest BCUT2D eigenvalue weighted by molar-refractivity contribution is 6.25. The Morgan fingerprint density at radius 3 is 2.58 bits per heavy atom. The summed E-state index contributed by atoms with van der Waals surface area (Å²) < 4.78 is 5.82. The van der Waals surface area contributed by atoms with Crippen molar-refractivity contribution in [3.8, 4) is 16.9 Å². The van der Waals surface area contributed by atoms with Crippen molar-refractivity contribution in [2.24, 2.45) is 0 Å². The van der Waals surface area contributed by atoms with Crippen molar-refractivity contribution in [2.45, 2.75) is 26.7 Å². The molecule has 0 unspecified atom stereocenters. The van der Waals surface area contributed by atoms with E-state index < -0.39 is 0 Å². The number of hydrogen-bond acceptors (Lipinski definition) is 3. The molecule has 2 aliphatic rings. The fraction of sp³-hybridized carbons (Fsp3) is 0.238. The van der Waals surface area contributed by atoms with Crippen LogP contribution in [-0.4, -0.2) is 18.2 Å². The quantitative estimate of drug-likeness (QED) is 0.837. The molecule has 4 rings (SSSR count). The van der Waals surface area contributed by atoms with E-state index in [-0.39, 0.29) is 11.6 Å². The molecule has 0 aliphatic heterocycles. The SMILES string of the molecule is CCOc1cc2c(c3c1CCc1cccc(C)c1-3)C(=O)C=CC2=O. The predicted octanol–water partition coefficient (Wildman–Crippen LogP) is 4.09. The van der Waals surface area contributed by atoms with E-state index in [0.717, 1.165) is 40.8 Å². The van der Waals surface area contributed by atoms with Crippen molar-refractivity contribution >= 4 is 11.6 Å². The zero-order valence-corrected chi connectivity index (χ0v) is 13.8. The van der Waals surface area contributed by atoms with E-state index in [2.05, 4.69) is 19.1 Å². The second-order valence-electron chi connectivity index (χ2n) is 6.25. The van der Waals surface area contributed by atoms with Gasteiger partial charge < -0.3 is 4.74 Å². The number of fused-ring (bicyclic) bond motifs is 5. The average molecular weight is 318 g/mol. The molecule has 0 atom stereocenters. The Labute approximate surface area is 141 Å². The number of allylic oxidation sites excluding steroid dienone is 2. The molecule has 0 amide bonds. The molecule has 0 spiro atoms. The molecule has 0 heterocycles. The smallest absolute Gasteiger partial charge is 0.187 e. The fourth-order valence-electron chi connectivity index (χ4n) is 3.84. The zero-order valence-electron chi connectivity index (χ0n) is 13.8. The van der Waals surface area contributed by atoms with Gasteiger partial charge in [-0.15, -0.1) is 0 Å². The lowest BCUT2D eigenvalue weighted by Gasteiger charge is -2.28. The van der Waals surface area contributed by atoms with Crippen LogP contribution in [0, 0.1) is 6.92 Å². The van der Waals surface area contributed by atoms with Crippen LogP contribution in [0.15, 0.2) is 36.4 Å². The molecule has 2 aliphatic carbocycles. The summed E-state index contributed by atoms with van der Waals surface area (Å²) in [6, 6.07) is 7.96. The van der Waals surface area contributed by atoms with Crippen LogP contribution in [0.4, 0.5) is 0 Å². The molecule has 0 radical (unpaired) electrons. The number of aryl methyl sites for hydroxylation is 2. The Bertz CT molecular complexity index is 919. The standard InChI is InChI=1S/C21H18O3/c1-3-24-18-11-15-16(22)9-10-17(23)20(15)21-14(18)8-7-13-6-4-5-12(2)19(13)21/h4-6,9-11H,3,7-8H2,1-2H3. The molecule has 2 aromatic carbocycles.